The van der Waals surface area contributed by atoms with E-state index in [-0.39, 0.29) is 0 Å². The van der Waals surface area contributed by atoms with Crippen molar-refractivity contribution in [2.45, 2.75) is 39.2 Å². The number of aromatic nitrogens is 1. The number of nitrogens with two attached hydrogens (primary N) is 1. The lowest BCUT2D eigenvalue weighted by Crippen LogP contribution is -2.00. The minimum absolute atomic E-state index is 0.828. The standard InChI is InChI=1S/C24H25BrN2/c1-2-3-4-7-15-27-23-14-13-17(25)16-21(23)20-11-8-10-19(24(20)27)18-9-5-6-12-22(18)26/h5-6,8-14,16H,2-4,7,15,26H2,1H3. The van der Waals surface area contributed by atoms with E-state index in [1.54, 1.807) is 0 Å². The summed E-state index contributed by atoms with van der Waals surface area (Å²) in [6, 6.07) is 21.4. The van der Waals surface area contributed by atoms with Crippen molar-refractivity contribution in [2.24, 2.45) is 0 Å². The highest BCUT2D eigenvalue weighted by atomic mass is 79.9. The lowest BCUT2D eigenvalue weighted by molar-refractivity contribution is 0.602. The number of para-hydroxylation sites is 2. The first kappa shape index (κ1) is 18.1. The summed E-state index contributed by atoms with van der Waals surface area (Å²) in [5.41, 5.74) is 12.1. The molecule has 0 spiro atoms. The topological polar surface area (TPSA) is 30.9 Å². The first-order chi connectivity index (χ1) is 13.2. The summed E-state index contributed by atoms with van der Waals surface area (Å²) in [5, 5.41) is 2.59. The molecule has 2 nitrogen and oxygen atoms in total. The Morgan fingerprint density at radius 3 is 2.48 bits per heavy atom. The van der Waals surface area contributed by atoms with Gasteiger partial charge in [-0.15, -0.1) is 0 Å². The Morgan fingerprint density at radius 2 is 1.67 bits per heavy atom. The largest absolute Gasteiger partial charge is 0.398 e. The van der Waals surface area contributed by atoms with Crippen molar-refractivity contribution in [2.75, 3.05) is 5.73 Å². The van der Waals surface area contributed by atoms with Crippen molar-refractivity contribution in [3.8, 4) is 11.1 Å². The van der Waals surface area contributed by atoms with Gasteiger partial charge in [-0.2, -0.15) is 0 Å². The predicted molar refractivity (Wildman–Crippen MR) is 121 cm³/mol. The van der Waals surface area contributed by atoms with Crippen LogP contribution in [0.5, 0.6) is 0 Å². The van der Waals surface area contributed by atoms with Gasteiger partial charge in [-0.1, -0.05) is 78.5 Å². The van der Waals surface area contributed by atoms with Gasteiger partial charge in [-0.05, 0) is 30.7 Å². The SMILES string of the molecule is CCCCCCn1c2ccc(Br)cc2c2cccc(-c3ccccc3N)c21. The van der Waals surface area contributed by atoms with E-state index in [9.17, 15) is 0 Å². The number of benzene rings is 3. The molecule has 0 aliphatic rings. The molecule has 1 aromatic heterocycles. The number of nitrogen functional groups attached to an aromatic ring is 1. The molecule has 27 heavy (non-hydrogen) atoms. The van der Waals surface area contributed by atoms with Crippen LogP contribution in [-0.2, 0) is 6.54 Å². The Labute approximate surface area is 169 Å². The van der Waals surface area contributed by atoms with Crippen molar-refractivity contribution >= 4 is 43.4 Å². The van der Waals surface area contributed by atoms with Gasteiger partial charge >= 0.3 is 0 Å². The molecule has 0 saturated heterocycles. The number of halogens is 1. The van der Waals surface area contributed by atoms with Crippen molar-refractivity contribution in [1.82, 2.24) is 4.57 Å². The van der Waals surface area contributed by atoms with Gasteiger partial charge in [0.1, 0.15) is 0 Å². The van der Waals surface area contributed by atoms with Crippen molar-refractivity contribution < 1.29 is 0 Å². The summed E-state index contributed by atoms with van der Waals surface area (Å²) >= 11 is 3.65. The summed E-state index contributed by atoms with van der Waals surface area (Å²) in [5.74, 6) is 0. The summed E-state index contributed by atoms with van der Waals surface area (Å²) in [4.78, 5) is 0. The van der Waals surface area contributed by atoms with E-state index in [1.807, 2.05) is 12.1 Å². The molecule has 0 radical (unpaired) electrons. The molecule has 0 bridgehead atoms. The molecule has 138 valence electrons. The first-order valence-electron chi connectivity index (χ1n) is 9.76. The van der Waals surface area contributed by atoms with Crippen LogP contribution in [0.4, 0.5) is 5.69 Å². The number of hydrogen-bond acceptors (Lipinski definition) is 1. The summed E-state index contributed by atoms with van der Waals surface area (Å²) in [6.07, 6.45) is 5.01. The van der Waals surface area contributed by atoms with Gasteiger partial charge in [0.25, 0.3) is 0 Å². The molecule has 0 aliphatic heterocycles. The molecule has 0 unspecified atom stereocenters. The summed E-state index contributed by atoms with van der Waals surface area (Å²) < 4.78 is 3.61. The number of hydrogen-bond donors (Lipinski definition) is 1. The third kappa shape index (κ3) is 3.37. The maximum atomic E-state index is 6.33. The maximum Gasteiger partial charge on any atom is 0.0571 e. The van der Waals surface area contributed by atoms with E-state index < -0.39 is 0 Å². The monoisotopic (exact) mass is 420 g/mol. The lowest BCUT2D eigenvalue weighted by atomic mass is 10.0. The molecule has 0 fully saturated rings. The fourth-order valence-electron chi connectivity index (χ4n) is 4.02. The minimum atomic E-state index is 0.828. The van der Waals surface area contributed by atoms with Gasteiger partial charge in [0.05, 0.1) is 5.52 Å². The Bertz CT molecular complexity index is 1090. The zero-order valence-electron chi connectivity index (χ0n) is 15.7. The normalized spacial score (nSPS) is 11.5. The van der Waals surface area contributed by atoms with Crippen molar-refractivity contribution in [1.29, 1.82) is 0 Å². The number of anilines is 1. The molecule has 0 saturated carbocycles. The van der Waals surface area contributed by atoms with E-state index in [1.165, 1.54) is 53.1 Å². The molecule has 0 aliphatic carbocycles. The van der Waals surface area contributed by atoms with Gasteiger partial charge in [0.2, 0.25) is 0 Å². The zero-order chi connectivity index (χ0) is 18.8. The Hall–Kier alpha value is -2.26. The van der Waals surface area contributed by atoms with Crippen molar-refractivity contribution in [3.63, 3.8) is 0 Å². The van der Waals surface area contributed by atoms with Crippen LogP contribution in [-0.4, -0.2) is 4.57 Å². The molecule has 2 N–H and O–H groups in total. The van der Waals surface area contributed by atoms with Gasteiger partial charge in [0, 0.05) is 44.1 Å². The Kier molecular flexibility index (Phi) is 5.22. The van der Waals surface area contributed by atoms with E-state index in [0.29, 0.717) is 0 Å². The van der Waals surface area contributed by atoms with Crippen LogP contribution in [0.2, 0.25) is 0 Å². The Balaban J connectivity index is 1.97. The van der Waals surface area contributed by atoms with Crippen LogP contribution in [0.3, 0.4) is 0 Å². The van der Waals surface area contributed by atoms with Gasteiger partial charge in [0.15, 0.2) is 0 Å². The summed E-state index contributed by atoms with van der Waals surface area (Å²) in [6.45, 7) is 3.29. The third-order valence-corrected chi connectivity index (χ3v) is 5.82. The average Bonchev–Trinajstić information content (AvgIpc) is 2.99. The van der Waals surface area contributed by atoms with E-state index in [0.717, 1.165) is 22.3 Å². The average molecular weight is 421 g/mol. The molecule has 0 atom stereocenters. The second-order valence-electron chi connectivity index (χ2n) is 7.16. The molecule has 4 aromatic rings. The van der Waals surface area contributed by atoms with Crippen molar-refractivity contribution in [3.05, 3.63) is 65.1 Å². The number of aryl methyl sites for hydroxylation is 1. The fourth-order valence-corrected chi connectivity index (χ4v) is 4.38. The number of rotatable bonds is 6. The molecule has 4 rings (SSSR count). The molecule has 3 heteroatoms. The second-order valence-corrected chi connectivity index (χ2v) is 8.08. The minimum Gasteiger partial charge on any atom is -0.398 e. The molecular weight excluding hydrogens is 396 g/mol. The highest BCUT2D eigenvalue weighted by Gasteiger charge is 2.16. The molecule has 0 amide bonds. The highest BCUT2D eigenvalue weighted by Crippen LogP contribution is 2.38. The van der Waals surface area contributed by atoms with Gasteiger partial charge in [-0.25, -0.2) is 0 Å². The van der Waals surface area contributed by atoms with E-state index >= 15 is 0 Å². The van der Waals surface area contributed by atoms with Crippen LogP contribution < -0.4 is 5.73 Å². The van der Waals surface area contributed by atoms with Crippen LogP contribution >= 0.6 is 15.9 Å². The van der Waals surface area contributed by atoms with Gasteiger partial charge < -0.3 is 10.3 Å². The lowest BCUT2D eigenvalue weighted by Gasteiger charge is -2.12. The maximum absolute atomic E-state index is 6.33. The highest BCUT2D eigenvalue weighted by molar-refractivity contribution is 9.10. The van der Waals surface area contributed by atoms with Crippen LogP contribution in [0.15, 0.2) is 65.1 Å². The number of nitrogens with zero attached hydrogens (tertiary/aromatic N) is 1. The molecule has 3 aromatic carbocycles. The second kappa shape index (κ2) is 7.77. The van der Waals surface area contributed by atoms with E-state index in [4.69, 9.17) is 5.73 Å². The summed E-state index contributed by atoms with van der Waals surface area (Å²) in [7, 11) is 0. The van der Waals surface area contributed by atoms with E-state index in [2.05, 4.69) is 76.0 Å². The van der Waals surface area contributed by atoms with Gasteiger partial charge in [-0.3, -0.25) is 0 Å². The first-order valence-corrected chi connectivity index (χ1v) is 10.6. The quantitative estimate of drug-likeness (QED) is 0.255. The molecular formula is C24H25BrN2. The Morgan fingerprint density at radius 1 is 0.852 bits per heavy atom. The van der Waals surface area contributed by atoms with Crippen LogP contribution in [0.1, 0.15) is 32.6 Å². The van der Waals surface area contributed by atoms with Crippen LogP contribution in [0.25, 0.3) is 32.9 Å². The number of unbranched alkanes of at least 4 members (excludes halogenated alkanes) is 3. The number of fused-ring (bicyclic) bond motifs is 3. The smallest absolute Gasteiger partial charge is 0.0571 e. The van der Waals surface area contributed by atoms with Crippen LogP contribution in [0, 0.1) is 0 Å². The fraction of sp³-hybridized carbons (Fsp3) is 0.250. The third-order valence-electron chi connectivity index (χ3n) is 5.33. The molecule has 1 heterocycles. The zero-order valence-corrected chi connectivity index (χ0v) is 17.3. The predicted octanol–water partition coefficient (Wildman–Crippen LogP) is 7.39.